The molecule has 0 saturated heterocycles. The summed E-state index contributed by atoms with van der Waals surface area (Å²) >= 11 is 6.31. The van der Waals surface area contributed by atoms with Crippen LogP contribution in [0, 0.1) is 0 Å². The molecule has 9 nitrogen and oxygen atoms in total. The first-order valence-corrected chi connectivity index (χ1v) is 11.4. The molecule has 0 fully saturated rings. The quantitative estimate of drug-likeness (QED) is 0.288. The molecule has 2 rings (SSSR count). The highest BCUT2D eigenvalue weighted by atomic mass is 35.5. The van der Waals surface area contributed by atoms with Crippen LogP contribution in [0.1, 0.15) is 34.6 Å². The molecule has 0 aliphatic rings. The molecule has 0 aliphatic heterocycles. The maximum atomic E-state index is 13.0. The van der Waals surface area contributed by atoms with E-state index in [9.17, 15) is 9.59 Å². The zero-order chi connectivity index (χ0) is 25.1. The zero-order valence-electron chi connectivity index (χ0n) is 20.0. The van der Waals surface area contributed by atoms with Crippen molar-refractivity contribution in [2.75, 3.05) is 31.7 Å². The largest absolute Gasteiger partial charge is 0.494 e. The number of ether oxygens (including phenoxy) is 4. The normalized spacial score (nSPS) is 11.7. The number of rotatable bonds is 13. The SMILES string of the molecule is CCOc1cc(N=NC(C(C)=O)C(=O)Nc2cc(OCC)cc(Cl)c2OCC)cc(OCC)c1. The molecular weight excluding hydrogens is 462 g/mol. The maximum Gasteiger partial charge on any atom is 0.258 e. The molecule has 1 amide bonds. The number of ketones is 1. The number of halogens is 1. The fourth-order valence-electron chi connectivity index (χ4n) is 2.96. The summed E-state index contributed by atoms with van der Waals surface area (Å²) in [6.07, 6.45) is 0. The van der Waals surface area contributed by atoms with Crippen LogP contribution in [0.2, 0.25) is 5.02 Å². The molecule has 0 spiro atoms. The van der Waals surface area contributed by atoms with E-state index in [1.807, 2.05) is 20.8 Å². The van der Waals surface area contributed by atoms with Crippen LogP contribution in [0.25, 0.3) is 0 Å². The Morgan fingerprint density at radius 1 is 0.853 bits per heavy atom. The Kier molecular flexibility index (Phi) is 10.6. The predicted octanol–water partition coefficient (Wildman–Crippen LogP) is 5.61. The lowest BCUT2D eigenvalue weighted by Gasteiger charge is -2.16. The first-order chi connectivity index (χ1) is 16.3. The first kappa shape index (κ1) is 26.9. The second-order valence-electron chi connectivity index (χ2n) is 6.89. The third-order valence-corrected chi connectivity index (χ3v) is 4.56. The number of amides is 1. The van der Waals surface area contributed by atoms with Gasteiger partial charge in [0.05, 0.1) is 42.8 Å². The van der Waals surface area contributed by atoms with E-state index in [1.165, 1.54) is 6.92 Å². The highest BCUT2D eigenvalue weighted by Crippen LogP contribution is 2.38. The van der Waals surface area contributed by atoms with Gasteiger partial charge < -0.3 is 24.3 Å². The molecular formula is C24H30ClN3O6. The number of Topliss-reactive ketones (excluding diaryl/α,β-unsaturated/α-hetero) is 1. The highest BCUT2D eigenvalue weighted by Gasteiger charge is 2.25. The van der Waals surface area contributed by atoms with Crippen molar-refractivity contribution in [1.29, 1.82) is 0 Å². The van der Waals surface area contributed by atoms with E-state index in [4.69, 9.17) is 30.5 Å². The smallest absolute Gasteiger partial charge is 0.258 e. The van der Waals surface area contributed by atoms with Gasteiger partial charge in [0.15, 0.2) is 11.5 Å². The predicted molar refractivity (Wildman–Crippen MR) is 130 cm³/mol. The lowest BCUT2D eigenvalue weighted by atomic mass is 10.2. The van der Waals surface area contributed by atoms with Crippen LogP contribution in [0.3, 0.4) is 0 Å². The summed E-state index contributed by atoms with van der Waals surface area (Å²) < 4.78 is 22.1. The van der Waals surface area contributed by atoms with E-state index >= 15 is 0 Å². The minimum Gasteiger partial charge on any atom is -0.494 e. The molecule has 2 aromatic carbocycles. The number of nitrogens with zero attached hydrogens (tertiary/aromatic N) is 2. The number of anilines is 1. The second-order valence-corrected chi connectivity index (χ2v) is 7.30. The van der Waals surface area contributed by atoms with E-state index in [2.05, 4.69) is 15.5 Å². The summed E-state index contributed by atoms with van der Waals surface area (Å²) in [5.74, 6) is 0.615. The highest BCUT2D eigenvalue weighted by molar-refractivity contribution is 6.33. The average Bonchev–Trinajstić information content (AvgIpc) is 2.76. The van der Waals surface area contributed by atoms with Gasteiger partial charge in [-0.15, -0.1) is 0 Å². The summed E-state index contributed by atoms with van der Waals surface area (Å²) in [4.78, 5) is 25.2. The van der Waals surface area contributed by atoms with Gasteiger partial charge in [0.25, 0.3) is 5.91 Å². The molecule has 10 heteroatoms. The minimum atomic E-state index is -1.39. The van der Waals surface area contributed by atoms with Crippen LogP contribution in [-0.2, 0) is 9.59 Å². The van der Waals surface area contributed by atoms with Gasteiger partial charge in [-0.05, 0) is 34.6 Å². The van der Waals surface area contributed by atoms with Crippen molar-refractivity contribution in [2.24, 2.45) is 10.2 Å². The number of azo groups is 1. The van der Waals surface area contributed by atoms with Crippen molar-refractivity contribution in [2.45, 2.75) is 40.7 Å². The number of benzene rings is 2. The van der Waals surface area contributed by atoms with Gasteiger partial charge in [-0.1, -0.05) is 11.6 Å². The monoisotopic (exact) mass is 491 g/mol. The van der Waals surface area contributed by atoms with Crippen LogP contribution in [0.4, 0.5) is 11.4 Å². The number of nitrogens with one attached hydrogen (secondary N) is 1. The van der Waals surface area contributed by atoms with Gasteiger partial charge in [0, 0.05) is 30.3 Å². The molecule has 2 aromatic rings. The fraction of sp³-hybridized carbons (Fsp3) is 0.417. The standard InChI is InChI=1S/C24H30ClN3O6/c1-6-31-17-10-16(11-18(12-17)32-7-2)27-28-22(15(5)29)24(30)26-21-14-19(33-8-3)13-20(25)23(21)34-9-4/h10-14,22H,6-9H2,1-5H3,(H,26,30). The molecule has 34 heavy (non-hydrogen) atoms. The van der Waals surface area contributed by atoms with Gasteiger partial charge in [-0.2, -0.15) is 10.2 Å². The van der Waals surface area contributed by atoms with Gasteiger partial charge in [0.2, 0.25) is 6.04 Å². The molecule has 0 heterocycles. The molecule has 0 aliphatic carbocycles. The molecule has 0 aromatic heterocycles. The molecule has 1 atom stereocenters. The van der Waals surface area contributed by atoms with Crippen molar-refractivity contribution in [3.05, 3.63) is 35.4 Å². The molecule has 0 saturated carbocycles. The maximum absolute atomic E-state index is 13.0. The van der Waals surface area contributed by atoms with Crippen LogP contribution in [0.15, 0.2) is 40.6 Å². The van der Waals surface area contributed by atoms with Gasteiger partial charge in [-0.25, -0.2) is 0 Å². The Labute approximate surface area is 204 Å². The van der Waals surface area contributed by atoms with Crippen LogP contribution in [0.5, 0.6) is 23.0 Å². The summed E-state index contributed by atoms with van der Waals surface area (Å²) in [6, 6.07) is 6.79. The first-order valence-electron chi connectivity index (χ1n) is 11.0. The molecule has 0 bridgehead atoms. The zero-order valence-corrected chi connectivity index (χ0v) is 20.8. The summed E-state index contributed by atoms with van der Waals surface area (Å²) in [7, 11) is 0. The van der Waals surface area contributed by atoms with E-state index in [0.717, 1.165) is 0 Å². The van der Waals surface area contributed by atoms with Crippen LogP contribution < -0.4 is 24.3 Å². The van der Waals surface area contributed by atoms with Crippen molar-refractivity contribution in [3.63, 3.8) is 0 Å². The molecule has 0 radical (unpaired) electrons. The molecule has 1 unspecified atom stereocenters. The molecule has 1 N–H and O–H groups in total. The Hall–Kier alpha value is -3.33. The van der Waals surface area contributed by atoms with E-state index in [1.54, 1.807) is 37.3 Å². The lowest BCUT2D eigenvalue weighted by molar-refractivity contribution is -0.126. The van der Waals surface area contributed by atoms with E-state index < -0.39 is 17.7 Å². The van der Waals surface area contributed by atoms with Gasteiger partial charge >= 0.3 is 0 Å². The average molecular weight is 492 g/mol. The lowest BCUT2D eigenvalue weighted by Crippen LogP contribution is -2.32. The fourth-order valence-corrected chi connectivity index (χ4v) is 3.22. The van der Waals surface area contributed by atoms with Crippen molar-refractivity contribution in [1.82, 2.24) is 0 Å². The van der Waals surface area contributed by atoms with Gasteiger partial charge in [0.1, 0.15) is 17.2 Å². The van der Waals surface area contributed by atoms with Crippen molar-refractivity contribution >= 4 is 34.7 Å². The summed E-state index contributed by atoms with van der Waals surface area (Å²) in [5.41, 5.74) is 0.645. The summed E-state index contributed by atoms with van der Waals surface area (Å²) in [5, 5.41) is 11.0. The third-order valence-electron chi connectivity index (χ3n) is 4.28. The minimum absolute atomic E-state index is 0.264. The number of carbonyl (C=O) groups excluding carboxylic acids is 2. The number of hydrogen-bond acceptors (Lipinski definition) is 8. The Balaban J connectivity index is 2.33. The van der Waals surface area contributed by atoms with E-state index in [0.29, 0.717) is 49.4 Å². The van der Waals surface area contributed by atoms with Crippen LogP contribution in [-0.4, -0.2) is 44.2 Å². The Bertz CT molecular complexity index is 1000. The summed E-state index contributed by atoms with van der Waals surface area (Å²) in [6.45, 7) is 10.2. The Morgan fingerprint density at radius 3 is 1.88 bits per heavy atom. The van der Waals surface area contributed by atoms with Crippen molar-refractivity contribution < 1.29 is 28.5 Å². The second kappa shape index (κ2) is 13.4. The number of hydrogen-bond donors (Lipinski definition) is 1. The van der Waals surface area contributed by atoms with Gasteiger partial charge in [-0.3, -0.25) is 9.59 Å². The van der Waals surface area contributed by atoms with Crippen LogP contribution >= 0.6 is 11.6 Å². The third kappa shape index (κ3) is 7.62. The molecule has 184 valence electrons. The number of carbonyl (C=O) groups is 2. The van der Waals surface area contributed by atoms with E-state index in [-0.39, 0.29) is 16.5 Å². The Morgan fingerprint density at radius 2 is 1.38 bits per heavy atom. The van der Waals surface area contributed by atoms with Crippen molar-refractivity contribution in [3.8, 4) is 23.0 Å². The topological polar surface area (TPSA) is 108 Å².